The predicted octanol–water partition coefficient (Wildman–Crippen LogP) is 3.04. The second-order valence-electron chi connectivity index (χ2n) is 4.25. The molecule has 0 amide bonds. The van der Waals surface area contributed by atoms with Gasteiger partial charge in [0.2, 0.25) is 0 Å². The third-order valence-corrected chi connectivity index (χ3v) is 2.10. The SMILES string of the molecule is C[C@](N)(Cc1cccc(F)c1)CC(F)(F)F. The van der Waals surface area contributed by atoms with Crippen LogP contribution in [0.2, 0.25) is 0 Å². The molecule has 0 unspecified atom stereocenters. The minimum Gasteiger partial charge on any atom is -0.325 e. The van der Waals surface area contributed by atoms with E-state index in [1.807, 2.05) is 0 Å². The first-order valence-electron chi connectivity index (χ1n) is 4.78. The molecule has 0 bridgehead atoms. The molecule has 16 heavy (non-hydrogen) atoms. The van der Waals surface area contributed by atoms with Crippen molar-refractivity contribution in [3.05, 3.63) is 35.6 Å². The molecule has 1 aromatic carbocycles. The summed E-state index contributed by atoms with van der Waals surface area (Å²) < 4.78 is 49.4. The lowest BCUT2D eigenvalue weighted by molar-refractivity contribution is -0.145. The summed E-state index contributed by atoms with van der Waals surface area (Å²) >= 11 is 0. The summed E-state index contributed by atoms with van der Waals surface area (Å²) in [5.74, 6) is -0.472. The Morgan fingerprint density at radius 1 is 1.25 bits per heavy atom. The molecule has 2 N–H and O–H groups in total. The Balaban J connectivity index is 2.72. The summed E-state index contributed by atoms with van der Waals surface area (Å²) in [7, 11) is 0. The number of hydrogen-bond acceptors (Lipinski definition) is 1. The van der Waals surface area contributed by atoms with Gasteiger partial charge in [0.25, 0.3) is 0 Å². The summed E-state index contributed by atoms with van der Waals surface area (Å²) in [4.78, 5) is 0. The molecule has 0 fully saturated rings. The Morgan fingerprint density at radius 3 is 2.38 bits per heavy atom. The van der Waals surface area contributed by atoms with Crippen LogP contribution in [0.3, 0.4) is 0 Å². The molecule has 5 heteroatoms. The minimum absolute atomic E-state index is 0.00965. The molecule has 0 heterocycles. The van der Waals surface area contributed by atoms with E-state index in [1.165, 1.54) is 25.1 Å². The lowest BCUT2D eigenvalue weighted by Crippen LogP contribution is -2.42. The highest BCUT2D eigenvalue weighted by atomic mass is 19.4. The number of halogens is 4. The molecule has 1 nitrogen and oxygen atoms in total. The van der Waals surface area contributed by atoms with Gasteiger partial charge in [0.1, 0.15) is 5.82 Å². The lowest BCUT2D eigenvalue weighted by atomic mass is 9.90. The van der Waals surface area contributed by atoms with Gasteiger partial charge in [0, 0.05) is 5.54 Å². The van der Waals surface area contributed by atoms with Gasteiger partial charge in [-0.15, -0.1) is 0 Å². The highest BCUT2D eigenvalue weighted by Crippen LogP contribution is 2.28. The quantitative estimate of drug-likeness (QED) is 0.800. The average molecular weight is 235 g/mol. The Kier molecular flexibility index (Phi) is 3.57. The van der Waals surface area contributed by atoms with Crippen LogP contribution < -0.4 is 5.73 Å². The first kappa shape index (κ1) is 13.0. The summed E-state index contributed by atoms with van der Waals surface area (Å²) in [6.45, 7) is 1.31. The normalized spacial score (nSPS) is 15.9. The number of hydrogen-bond donors (Lipinski definition) is 1. The molecular weight excluding hydrogens is 222 g/mol. The van der Waals surface area contributed by atoms with Crippen molar-refractivity contribution in [2.45, 2.75) is 31.5 Å². The van der Waals surface area contributed by atoms with Crippen molar-refractivity contribution in [3.8, 4) is 0 Å². The summed E-state index contributed by atoms with van der Waals surface area (Å²) in [5.41, 5.74) is 4.60. The van der Waals surface area contributed by atoms with Gasteiger partial charge in [-0.1, -0.05) is 12.1 Å². The molecule has 90 valence electrons. The standard InChI is InChI=1S/C11H13F4N/c1-10(16,7-11(13,14)15)6-8-3-2-4-9(12)5-8/h2-5H,6-7,16H2,1H3/t10-/m0/s1. The van der Waals surface area contributed by atoms with E-state index in [2.05, 4.69) is 0 Å². The van der Waals surface area contributed by atoms with Crippen LogP contribution >= 0.6 is 0 Å². The van der Waals surface area contributed by atoms with E-state index in [0.717, 1.165) is 0 Å². The van der Waals surface area contributed by atoms with Gasteiger partial charge in [-0.05, 0) is 31.0 Å². The molecular formula is C11H13F4N. The predicted molar refractivity (Wildman–Crippen MR) is 53.4 cm³/mol. The van der Waals surface area contributed by atoms with Crippen LogP contribution in [-0.2, 0) is 6.42 Å². The van der Waals surface area contributed by atoms with Gasteiger partial charge in [0.05, 0.1) is 6.42 Å². The highest BCUT2D eigenvalue weighted by molar-refractivity contribution is 5.18. The zero-order valence-electron chi connectivity index (χ0n) is 8.81. The largest absolute Gasteiger partial charge is 0.390 e. The van der Waals surface area contributed by atoms with Crippen molar-refractivity contribution in [2.24, 2.45) is 5.73 Å². The van der Waals surface area contributed by atoms with Crippen LogP contribution in [0.15, 0.2) is 24.3 Å². The second-order valence-corrected chi connectivity index (χ2v) is 4.25. The molecule has 0 radical (unpaired) electrons. The molecule has 1 atom stereocenters. The zero-order chi connectivity index (χ0) is 12.4. The topological polar surface area (TPSA) is 26.0 Å². The van der Waals surface area contributed by atoms with Gasteiger partial charge in [-0.25, -0.2) is 4.39 Å². The van der Waals surface area contributed by atoms with Crippen LogP contribution in [0, 0.1) is 5.82 Å². The van der Waals surface area contributed by atoms with E-state index in [4.69, 9.17) is 5.73 Å². The van der Waals surface area contributed by atoms with Crippen LogP contribution in [0.1, 0.15) is 18.9 Å². The summed E-state index contributed by atoms with van der Waals surface area (Å²) in [5, 5.41) is 0. The van der Waals surface area contributed by atoms with E-state index in [-0.39, 0.29) is 6.42 Å². The maximum Gasteiger partial charge on any atom is 0.390 e. The van der Waals surface area contributed by atoms with E-state index in [0.29, 0.717) is 5.56 Å². The molecule has 0 aromatic heterocycles. The van der Waals surface area contributed by atoms with Gasteiger partial charge >= 0.3 is 6.18 Å². The fourth-order valence-corrected chi connectivity index (χ4v) is 1.63. The Bertz CT molecular complexity index is 357. The molecule has 1 aromatic rings. The number of benzene rings is 1. The molecule has 1 rings (SSSR count). The maximum atomic E-state index is 12.8. The summed E-state index contributed by atoms with van der Waals surface area (Å²) in [6, 6.07) is 5.45. The Morgan fingerprint density at radius 2 is 1.88 bits per heavy atom. The third-order valence-electron chi connectivity index (χ3n) is 2.10. The first-order chi connectivity index (χ1) is 7.18. The van der Waals surface area contributed by atoms with Crippen LogP contribution in [-0.4, -0.2) is 11.7 Å². The maximum absolute atomic E-state index is 12.8. The van der Waals surface area contributed by atoms with Crippen molar-refractivity contribution in [3.63, 3.8) is 0 Å². The van der Waals surface area contributed by atoms with E-state index in [1.54, 1.807) is 6.07 Å². The van der Waals surface area contributed by atoms with E-state index >= 15 is 0 Å². The van der Waals surface area contributed by atoms with Crippen LogP contribution in [0.25, 0.3) is 0 Å². The number of alkyl halides is 3. The molecule has 0 saturated carbocycles. The van der Waals surface area contributed by atoms with E-state index in [9.17, 15) is 17.6 Å². The van der Waals surface area contributed by atoms with Crippen molar-refractivity contribution in [1.29, 1.82) is 0 Å². The fraction of sp³-hybridized carbons (Fsp3) is 0.455. The van der Waals surface area contributed by atoms with E-state index < -0.39 is 24.0 Å². The number of nitrogens with two attached hydrogens (primary N) is 1. The minimum atomic E-state index is -4.31. The molecule has 0 saturated heterocycles. The third kappa shape index (κ3) is 4.61. The van der Waals surface area contributed by atoms with Crippen molar-refractivity contribution >= 4 is 0 Å². The monoisotopic (exact) mass is 235 g/mol. The van der Waals surface area contributed by atoms with Gasteiger partial charge in [0.15, 0.2) is 0 Å². The number of rotatable bonds is 3. The van der Waals surface area contributed by atoms with Gasteiger partial charge < -0.3 is 5.73 Å². The van der Waals surface area contributed by atoms with Gasteiger partial charge in [-0.2, -0.15) is 13.2 Å². The summed E-state index contributed by atoms with van der Waals surface area (Å²) in [6.07, 6.45) is -5.41. The highest BCUT2D eigenvalue weighted by Gasteiger charge is 2.36. The van der Waals surface area contributed by atoms with Crippen molar-refractivity contribution in [2.75, 3.05) is 0 Å². The molecule has 0 aliphatic rings. The molecule has 0 aliphatic heterocycles. The second kappa shape index (κ2) is 4.41. The molecule has 0 aliphatic carbocycles. The van der Waals surface area contributed by atoms with Crippen LogP contribution in [0.4, 0.5) is 17.6 Å². The lowest BCUT2D eigenvalue weighted by Gasteiger charge is -2.25. The Labute approximate surface area is 91.3 Å². The first-order valence-corrected chi connectivity index (χ1v) is 4.78. The van der Waals surface area contributed by atoms with Crippen LogP contribution in [0.5, 0.6) is 0 Å². The van der Waals surface area contributed by atoms with Crippen molar-refractivity contribution in [1.82, 2.24) is 0 Å². The Hall–Kier alpha value is -1.10. The fourth-order valence-electron chi connectivity index (χ4n) is 1.63. The molecule has 0 spiro atoms. The smallest absolute Gasteiger partial charge is 0.325 e. The van der Waals surface area contributed by atoms with Gasteiger partial charge in [-0.3, -0.25) is 0 Å². The zero-order valence-corrected chi connectivity index (χ0v) is 8.81. The van der Waals surface area contributed by atoms with Crippen molar-refractivity contribution < 1.29 is 17.6 Å². The average Bonchev–Trinajstić information content (AvgIpc) is 1.96.